The third-order valence-corrected chi connectivity index (χ3v) is 3.62. The molecule has 1 aromatic rings. The van der Waals surface area contributed by atoms with E-state index in [9.17, 15) is 9.59 Å². The predicted molar refractivity (Wildman–Crippen MR) is 76.5 cm³/mol. The quantitative estimate of drug-likeness (QED) is 0.833. The van der Waals surface area contributed by atoms with Crippen LogP contribution in [0.5, 0.6) is 0 Å². The van der Waals surface area contributed by atoms with Gasteiger partial charge in [0.2, 0.25) is 0 Å². The minimum atomic E-state index is -0.628. The number of ether oxygens (including phenoxy) is 1. The maximum absolute atomic E-state index is 12.0. The number of carbonyl (C=O) groups excluding carboxylic acids is 2. The van der Waals surface area contributed by atoms with Gasteiger partial charge in [0.15, 0.2) is 0 Å². The molecular formula is C15H20N2O3. The van der Waals surface area contributed by atoms with E-state index in [4.69, 9.17) is 10.5 Å². The van der Waals surface area contributed by atoms with Crippen LogP contribution in [-0.2, 0) is 4.74 Å². The molecule has 0 atom stereocenters. The van der Waals surface area contributed by atoms with Gasteiger partial charge in [-0.1, -0.05) is 6.92 Å². The first-order valence-corrected chi connectivity index (χ1v) is 6.92. The Bertz CT molecular complexity index is 476. The minimum absolute atomic E-state index is 0.0297. The number of nitrogens with one attached hydrogen (secondary N) is 1. The molecule has 5 heteroatoms. The number of hydrogen-bond donors (Lipinski definition) is 2. The maximum atomic E-state index is 12.0. The Balaban J connectivity index is 1.90. The first-order valence-electron chi connectivity index (χ1n) is 6.92. The lowest BCUT2D eigenvalue weighted by molar-refractivity contribution is 0.0174. The SMILES string of the molecule is CC1CCC(OC(=O)c2ccc(NC(N)=O)cc2)CC1. The number of rotatable bonds is 3. The molecule has 1 aliphatic rings. The highest BCUT2D eigenvalue weighted by atomic mass is 16.5. The highest BCUT2D eigenvalue weighted by Crippen LogP contribution is 2.26. The molecule has 1 saturated carbocycles. The number of hydrogen-bond acceptors (Lipinski definition) is 3. The predicted octanol–water partition coefficient (Wildman–Crippen LogP) is 2.91. The molecule has 20 heavy (non-hydrogen) atoms. The lowest BCUT2D eigenvalue weighted by Gasteiger charge is -2.26. The number of primary amides is 1. The summed E-state index contributed by atoms with van der Waals surface area (Å²) in [4.78, 5) is 22.7. The molecule has 1 aliphatic carbocycles. The van der Waals surface area contributed by atoms with E-state index in [1.807, 2.05) is 0 Å². The monoisotopic (exact) mass is 276 g/mol. The van der Waals surface area contributed by atoms with E-state index >= 15 is 0 Å². The van der Waals surface area contributed by atoms with Crippen molar-refractivity contribution in [1.82, 2.24) is 0 Å². The Labute approximate surface area is 118 Å². The molecule has 3 N–H and O–H groups in total. The highest BCUT2D eigenvalue weighted by Gasteiger charge is 2.22. The van der Waals surface area contributed by atoms with Crippen LogP contribution in [0.3, 0.4) is 0 Å². The number of carbonyl (C=O) groups is 2. The molecule has 1 aromatic carbocycles. The van der Waals surface area contributed by atoms with Gasteiger partial charge in [-0.25, -0.2) is 9.59 Å². The zero-order valence-electron chi connectivity index (χ0n) is 11.6. The van der Waals surface area contributed by atoms with Gasteiger partial charge in [-0.05, 0) is 55.9 Å². The van der Waals surface area contributed by atoms with Gasteiger partial charge in [0, 0.05) is 5.69 Å². The highest BCUT2D eigenvalue weighted by molar-refractivity contribution is 5.91. The van der Waals surface area contributed by atoms with Gasteiger partial charge in [0.05, 0.1) is 5.56 Å². The molecule has 0 heterocycles. The summed E-state index contributed by atoms with van der Waals surface area (Å²) in [5.74, 6) is 0.416. The summed E-state index contributed by atoms with van der Waals surface area (Å²) in [6, 6.07) is 5.88. The number of anilines is 1. The number of nitrogens with two attached hydrogens (primary N) is 1. The van der Waals surface area contributed by atoms with Crippen molar-refractivity contribution in [2.75, 3.05) is 5.32 Å². The van der Waals surface area contributed by atoms with E-state index < -0.39 is 6.03 Å². The summed E-state index contributed by atoms with van der Waals surface area (Å²) in [6.45, 7) is 2.22. The normalized spacial score (nSPS) is 22.1. The minimum Gasteiger partial charge on any atom is -0.459 e. The molecule has 108 valence electrons. The zero-order chi connectivity index (χ0) is 14.5. The van der Waals surface area contributed by atoms with Crippen molar-refractivity contribution in [3.63, 3.8) is 0 Å². The summed E-state index contributed by atoms with van der Waals surface area (Å²) < 4.78 is 5.50. The van der Waals surface area contributed by atoms with Gasteiger partial charge in [0.1, 0.15) is 6.10 Å². The second kappa shape index (κ2) is 6.41. The standard InChI is InChI=1S/C15H20N2O3/c1-10-2-8-13(9-3-10)20-14(18)11-4-6-12(7-5-11)17-15(16)19/h4-7,10,13H,2-3,8-9H2,1H3,(H3,16,17,19). The van der Waals surface area contributed by atoms with Crippen LogP contribution in [0.1, 0.15) is 43.0 Å². The van der Waals surface area contributed by atoms with E-state index in [2.05, 4.69) is 12.2 Å². The summed E-state index contributed by atoms with van der Waals surface area (Å²) in [7, 11) is 0. The molecule has 0 aromatic heterocycles. The van der Waals surface area contributed by atoms with Gasteiger partial charge < -0.3 is 15.8 Å². The fourth-order valence-corrected chi connectivity index (χ4v) is 2.40. The molecule has 0 spiro atoms. The third kappa shape index (κ3) is 3.98. The third-order valence-electron chi connectivity index (χ3n) is 3.62. The molecule has 2 rings (SSSR count). The van der Waals surface area contributed by atoms with Crippen LogP contribution in [0.25, 0.3) is 0 Å². The Kier molecular flexibility index (Phi) is 4.61. The lowest BCUT2D eigenvalue weighted by atomic mass is 9.89. The fraction of sp³-hybridized carbons (Fsp3) is 0.467. The Morgan fingerprint density at radius 2 is 1.75 bits per heavy atom. The van der Waals surface area contributed by atoms with Gasteiger partial charge in [-0.15, -0.1) is 0 Å². The summed E-state index contributed by atoms with van der Waals surface area (Å²) in [5.41, 5.74) is 6.06. The van der Waals surface area contributed by atoms with E-state index in [0.717, 1.165) is 31.6 Å². The maximum Gasteiger partial charge on any atom is 0.338 e. The van der Waals surface area contributed by atoms with Crippen molar-refractivity contribution in [2.45, 2.75) is 38.7 Å². The number of amides is 2. The fourth-order valence-electron chi connectivity index (χ4n) is 2.40. The Hall–Kier alpha value is -2.04. The number of benzene rings is 1. The van der Waals surface area contributed by atoms with E-state index in [1.54, 1.807) is 24.3 Å². The Morgan fingerprint density at radius 1 is 1.15 bits per heavy atom. The second-order valence-corrected chi connectivity index (χ2v) is 5.35. The van der Waals surface area contributed by atoms with Gasteiger partial charge in [0.25, 0.3) is 0 Å². The van der Waals surface area contributed by atoms with Crippen molar-refractivity contribution in [3.8, 4) is 0 Å². The molecular weight excluding hydrogens is 256 g/mol. The first kappa shape index (κ1) is 14.4. The zero-order valence-corrected chi connectivity index (χ0v) is 11.6. The molecule has 2 amide bonds. The molecule has 0 bridgehead atoms. The van der Waals surface area contributed by atoms with Crippen molar-refractivity contribution in [3.05, 3.63) is 29.8 Å². The van der Waals surface area contributed by atoms with E-state index in [-0.39, 0.29) is 12.1 Å². The second-order valence-electron chi connectivity index (χ2n) is 5.35. The van der Waals surface area contributed by atoms with Gasteiger partial charge in [-0.2, -0.15) is 0 Å². The van der Waals surface area contributed by atoms with Gasteiger partial charge in [-0.3, -0.25) is 0 Å². The topological polar surface area (TPSA) is 81.4 Å². The van der Waals surface area contributed by atoms with Crippen LogP contribution in [0.4, 0.5) is 10.5 Å². The molecule has 0 saturated heterocycles. The van der Waals surface area contributed by atoms with Crippen molar-refractivity contribution in [1.29, 1.82) is 0 Å². The average Bonchev–Trinajstić information content (AvgIpc) is 2.41. The van der Waals surface area contributed by atoms with Crippen LogP contribution in [0.15, 0.2) is 24.3 Å². The van der Waals surface area contributed by atoms with Crippen molar-refractivity contribution >= 4 is 17.7 Å². The molecule has 5 nitrogen and oxygen atoms in total. The van der Waals surface area contributed by atoms with Crippen molar-refractivity contribution < 1.29 is 14.3 Å². The largest absolute Gasteiger partial charge is 0.459 e. The summed E-state index contributed by atoms with van der Waals surface area (Å²) in [5, 5.41) is 2.44. The van der Waals surface area contributed by atoms with E-state index in [0.29, 0.717) is 11.3 Å². The molecule has 0 radical (unpaired) electrons. The summed E-state index contributed by atoms with van der Waals surface area (Å²) in [6.07, 6.45) is 4.13. The Morgan fingerprint density at radius 3 is 2.30 bits per heavy atom. The number of urea groups is 1. The van der Waals surface area contributed by atoms with Crippen LogP contribution >= 0.6 is 0 Å². The molecule has 0 aliphatic heterocycles. The van der Waals surface area contributed by atoms with Crippen LogP contribution < -0.4 is 11.1 Å². The van der Waals surface area contributed by atoms with Crippen LogP contribution in [0, 0.1) is 5.92 Å². The first-order chi connectivity index (χ1) is 9.54. The van der Waals surface area contributed by atoms with E-state index in [1.165, 1.54) is 0 Å². The van der Waals surface area contributed by atoms with Crippen molar-refractivity contribution in [2.24, 2.45) is 11.7 Å². The smallest absolute Gasteiger partial charge is 0.338 e. The average molecular weight is 276 g/mol. The summed E-state index contributed by atoms with van der Waals surface area (Å²) >= 11 is 0. The van der Waals surface area contributed by atoms with Crippen LogP contribution in [-0.4, -0.2) is 18.1 Å². The van der Waals surface area contributed by atoms with Crippen LogP contribution in [0.2, 0.25) is 0 Å². The van der Waals surface area contributed by atoms with Gasteiger partial charge >= 0.3 is 12.0 Å². The lowest BCUT2D eigenvalue weighted by Crippen LogP contribution is -2.23. The molecule has 0 unspecified atom stereocenters. The molecule has 1 fully saturated rings. The number of esters is 1.